The van der Waals surface area contributed by atoms with Crippen LogP contribution in [0.1, 0.15) is 17.0 Å². The molecule has 0 radical (unpaired) electrons. The van der Waals surface area contributed by atoms with Crippen molar-refractivity contribution in [1.82, 2.24) is 9.97 Å². The van der Waals surface area contributed by atoms with E-state index in [1.54, 1.807) is 13.0 Å². The molecule has 0 fully saturated rings. The number of hydrogen-bond acceptors (Lipinski definition) is 4. The van der Waals surface area contributed by atoms with Gasteiger partial charge in [0, 0.05) is 12.6 Å². The quantitative estimate of drug-likeness (QED) is 0.575. The van der Waals surface area contributed by atoms with Crippen molar-refractivity contribution in [1.29, 1.82) is 0 Å². The predicted octanol–water partition coefficient (Wildman–Crippen LogP) is 5.81. The largest absolute Gasteiger partial charge is 0.416 e. The molecule has 0 saturated carbocycles. The van der Waals surface area contributed by atoms with Gasteiger partial charge in [-0.1, -0.05) is 41.9 Å². The Morgan fingerprint density at radius 1 is 0.963 bits per heavy atom. The number of aromatic nitrogens is 2. The van der Waals surface area contributed by atoms with Crippen molar-refractivity contribution < 1.29 is 13.2 Å². The highest BCUT2D eigenvalue weighted by Gasteiger charge is 2.31. The highest BCUT2D eigenvalue weighted by Crippen LogP contribution is 2.34. The van der Waals surface area contributed by atoms with E-state index in [9.17, 15) is 13.2 Å². The van der Waals surface area contributed by atoms with Crippen molar-refractivity contribution in [2.75, 3.05) is 10.6 Å². The van der Waals surface area contributed by atoms with Crippen LogP contribution >= 0.6 is 11.6 Å². The highest BCUT2D eigenvalue weighted by molar-refractivity contribution is 6.33. The molecule has 0 aliphatic rings. The van der Waals surface area contributed by atoms with Crippen LogP contribution in [-0.2, 0) is 12.7 Å². The third-order valence-corrected chi connectivity index (χ3v) is 4.04. The van der Waals surface area contributed by atoms with E-state index in [4.69, 9.17) is 11.6 Å². The summed E-state index contributed by atoms with van der Waals surface area (Å²) in [7, 11) is 0. The van der Waals surface area contributed by atoms with Crippen molar-refractivity contribution in [3.8, 4) is 0 Å². The van der Waals surface area contributed by atoms with Gasteiger partial charge in [-0.3, -0.25) is 0 Å². The Kier molecular flexibility index (Phi) is 5.51. The molecule has 0 aliphatic carbocycles. The predicted molar refractivity (Wildman–Crippen MR) is 100 cm³/mol. The number of nitrogens with zero attached hydrogens (tertiary/aromatic N) is 2. The van der Waals surface area contributed by atoms with Crippen molar-refractivity contribution >= 4 is 28.9 Å². The fourth-order valence-electron chi connectivity index (χ4n) is 2.45. The lowest BCUT2D eigenvalue weighted by Crippen LogP contribution is -2.07. The zero-order chi connectivity index (χ0) is 19.4. The summed E-state index contributed by atoms with van der Waals surface area (Å²) >= 11 is 6.03. The number of rotatable bonds is 5. The van der Waals surface area contributed by atoms with Gasteiger partial charge in [0.2, 0.25) is 0 Å². The summed E-state index contributed by atoms with van der Waals surface area (Å²) in [5.41, 5.74) is 0.408. The maximum absolute atomic E-state index is 12.9. The summed E-state index contributed by atoms with van der Waals surface area (Å²) in [5, 5.41) is 6.18. The lowest BCUT2D eigenvalue weighted by molar-refractivity contribution is -0.137. The molecule has 0 atom stereocenters. The molecule has 140 valence electrons. The van der Waals surface area contributed by atoms with Crippen molar-refractivity contribution in [3.05, 3.63) is 76.6 Å². The molecule has 0 saturated heterocycles. The van der Waals surface area contributed by atoms with Crippen LogP contribution in [0.5, 0.6) is 0 Å². The first-order valence-corrected chi connectivity index (χ1v) is 8.46. The second-order valence-electron chi connectivity index (χ2n) is 5.84. The van der Waals surface area contributed by atoms with E-state index in [0.717, 1.165) is 17.7 Å². The van der Waals surface area contributed by atoms with E-state index in [0.29, 0.717) is 24.0 Å². The molecular weight excluding hydrogens is 377 g/mol. The molecule has 2 N–H and O–H groups in total. The molecule has 27 heavy (non-hydrogen) atoms. The third kappa shape index (κ3) is 5.10. The zero-order valence-corrected chi connectivity index (χ0v) is 15.1. The maximum atomic E-state index is 12.9. The van der Waals surface area contributed by atoms with Gasteiger partial charge in [0.15, 0.2) is 0 Å². The number of halogens is 4. The Labute approximate surface area is 159 Å². The fourth-order valence-corrected chi connectivity index (χ4v) is 2.61. The number of anilines is 3. The molecule has 8 heteroatoms. The number of alkyl halides is 3. The van der Waals surface area contributed by atoms with Gasteiger partial charge in [0.25, 0.3) is 0 Å². The summed E-state index contributed by atoms with van der Waals surface area (Å²) in [6.07, 6.45) is -4.45. The minimum atomic E-state index is -4.45. The smallest absolute Gasteiger partial charge is 0.366 e. The normalized spacial score (nSPS) is 11.3. The van der Waals surface area contributed by atoms with E-state index in [1.807, 2.05) is 30.3 Å². The molecule has 4 nitrogen and oxygen atoms in total. The van der Waals surface area contributed by atoms with E-state index < -0.39 is 11.7 Å². The first-order chi connectivity index (χ1) is 12.8. The third-order valence-electron chi connectivity index (χ3n) is 3.71. The Hall–Kier alpha value is -2.80. The minimum Gasteiger partial charge on any atom is -0.366 e. The number of aryl methyl sites for hydroxylation is 1. The van der Waals surface area contributed by atoms with Crippen molar-refractivity contribution in [3.63, 3.8) is 0 Å². The summed E-state index contributed by atoms with van der Waals surface area (Å²) in [6.45, 7) is 2.26. The van der Waals surface area contributed by atoms with Crippen molar-refractivity contribution in [2.45, 2.75) is 19.6 Å². The van der Waals surface area contributed by atoms with Crippen molar-refractivity contribution in [2.24, 2.45) is 0 Å². The average Bonchev–Trinajstić information content (AvgIpc) is 2.61. The number of nitrogens with one attached hydrogen (secondary N) is 2. The standard InChI is InChI=1S/C19H16ClF3N4/c1-12-25-17(24-11-13-5-3-2-4-6-13)10-18(26-12)27-16-9-14(19(21,22)23)7-8-15(16)20/h2-10H,11H2,1H3,(H2,24,25,26,27). The molecule has 2 aromatic carbocycles. The first kappa shape index (κ1) is 19.0. The molecule has 1 aromatic heterocycles. The monoisotopic (exact) mass is 392 g/mol. The molecule has 3 rings (SSSR count). The van der Waals surface area contributed by atoms with Gasteiger partial charge >= 0.3 is 6.18 Å². The fraction of sp³-hybridized carbons (Fsp3) is 0.158. The SMILES string of the molecule is Cc1nc(NCc2ccccc2)cc(Nc2cc(C(F)(F)F)ccc2Cl)n1. The minimum absolute atomic E-state index is 0.124. The van der Waals surface area contributed by atoms with Crippen LogP contribution in [0.3, 0.4) is 0 Å². The molecule has 0 aliphatic heterocycles. The second-order valence-corrected chi connectivity index (χ2v) is 6.25. The maximum Gasteiger partial charge on any atom is 0.416 e. The topological polar surface area (TPSA) is 49.8 Å². The average molecular weight is 393 g/mol. The van der Waals surface area contributed by atoms with Gasteiger partial charge in [-0.05, 0) is 30.7 Å². The van der Waals surface area contributed by atoms with Gasteiger partial charge < -0.3 is 10.6 Å². The Morgan fingerprint density at radius 2 is 1.67 bits per heavy atom. The van der Waals surface area contributed by atoms with Gasteiger partial charge in [0.1, 0.15) is 17.5 Å². The lowest BCUT2D eigenvalue weighted by atomic mass is 10.2. The van der Waals surface area contributed by atoms with Gasteiger partial charge in [0.05, 0.1) is 16.3 Å². The number of hydrogen-bond donors (Lipinski definition) is 2. The Morgan fingerprint density at radius 3 is 2.37 bits per heavy atom. The van der Waals surface area contributed by atoms with Crippen LogP contribution in [0, 0.1) is 6.92 Å². The zero-order valence-electron chi connectivity index (χ0n) is 14.3. The van der Waals surface area contributed by atoms with Crippen LogP contribution in [0.4, 0.5) is 30.5 Å². The number of benzene rings is 2. The summed E-state index contributed by atoms with van der Waals surface area (Å²) in [4.78, 5) is 8.51. The van der Waals surface area contributed by atoms with Gasteiger partial charge in [-0.2, -0.15) is 13.2 Å². The van der Waals surface area contributed by atoms with Crippen LogP contribution < -0.4 is 10.6 Å². The lowest BCUT2D eigenvalue weighted by Gasteiger charge is -2.13. The summed E-state index contributed by atoms with van der Waals surface area (Å²) in [6, 6.07) is 14.5. The molecule has 3 aromatic rings. The van der Waals surface area contributed by atoms with Crippen LogP contribution in [0.2, 0.25) is 5.02 Å². The summed E-state index contributed by atoms with van der Waals surface area (Å²) in [5.74, 6) is 1.37. The Bertz CT molecular complexity index is 930. The summed E-state index contributed by atoms with van der Waals surface area (Å²) < 4.78 is 38.8. The van der Waals surface area contributed by atoms with Gasteiger partial charge in [-0.25, -0.2) is 9.97 Å². The van der Waals surface area contributed by atoms with E-state index in [1.165, 1.54) is 6.07 Å². The Balaban J connectivity index is 1.80. The molecule has 0 amide bonds. The van der Waals surface area contributed by atoms with Crippen LogP contribution in [-0.4, -0.2) is 9.97 Å². The molecular formula is C19H16ClF3N4. The molecule has 0 bridgehead atoms. The van der Waals surface area contributed by atoms with E-state index >= 15 is 0 Å². The second kappa shape index (κ2) is 7.84. The van der Waals surface area contributed by atoms with Gasteiger partial charge in [-0.15, -0.1) is 0 Å². The van der Waals surface area contributed by atoms with E-state index in [-0.39, 0.29) is 10.7 Å². The van der Waals surface area contributed by atoms with E-state index in [2.05, 4.69) is 20.6 Å². The van der Waals surface area contributed by atoms with Crippen LogP contribution in [0.25, 0.3) is 0 Å². The molecule has 0 spiro atoms. The first-order valence-electron chi connectivity index (χ1n) is 8.08. The molecule has 1 heterocycles. The molecule has 0 unspecified atom stereocenters. The van der Waals surface area contributed by atoms with Crippen LogP contribution in [0.15, 0.2) is 54.6 Å². The highest BCUT2D eigenvalue weighted by atomic mass is 35.5.